The second-order valence-electron chi connectivity index (χ2n) is 3.69. The largest absolute Gasteiger partial charge is 0.354 e. The third-order valence-corrected chi connectivity index (χ3v) is 3.91. The first-order valence-corrected chi connectivity index (χ1v) is 6.24. The van der Waals surface area contributed by atoms with E-state index in [-0.39, 0.29) is 0 Å². The van der Waals surface area contributed by atoms with Gasteiger partial charge in [0.25, 0.3) is 0 Å². The highest BCUT2D eigenvalue weighted by molar-refractivity contribution is 7.99. The molecule has 82 valence electrons. The van der Waals surface area contributed by atoms with Crippen LogP contribution in [-0.4, -0.2) is 0 Å². The van der Waals surface area contributed by atoms with Crippen LogP contribution in [0.3, 0.4) is 0 Å². The van der Waals surface area contributed by atoms with Gasteiger partial charge in [-0.15, -0.1) is 0 Å². The predicted molar refractivity (Wildman–Crippen MR) is 70.0 cm³/mol. The fourth-order valence-corrected chi connectivity index (χ4v) is 2.98. The quantitative estimate of drug-likeness (QED) is 0.648. The number of anilines is 2. The topological polar surface area (TPSA) is 35.8 Å². The van der Waals surface area contributed by atoms with Crippen LogP contribution in [0.5, 0.6) is 0 Å². The Balaban J connectivity index is 2.08. The summed E-state index contributed by atoms with van der Waals surface area (Å²) in [5, 5.41) is 12.9. The lowest BCUT2D eigenvalue weighted by molar-refractivity contribution is 1.31. The highest BCUT2D eigenvalue weighted by atomic mass is 35.5. The van der Waals surface area contributed by atoms with E-state index in [1.165, 1.54) is 0 Å². The van der Waals surface area contributed by atoms with E-state index in [9.17, 15) is 0 Å². The van der Waals surface area contributed by atoms with Crippen molar-refractivity contribution in [2.75, 3.05) is 5.32 Å². The summed E-state index contributed by atoms with van der Waals surface area (Å²) >= 11 is 7.63. The highest BCUT2D eigenvalue weighted by Gasteiger charge is 2.15. The predicted octanol–water partition coefficient (Wildman–Crippen LogP) is 4.42. The Labute approximate surface area is 108 Å². The van der Waals surface area contributed by atoms with E-state index in [0.29, 0.717) is 5.56 Å². The van der Waals surface area contributed by atoms with Gasteiger partial charge in [-0.05, 0) is 36.4 Å². The van der Waals surface area contributed by atoms with E-state index in [1.807, 2.05) is 36.4 Å². The number of benzene rings is 2. The average Bonchev–Trinajstić information content (AvgIpc) is 2.35. The van der Waals surface area contributed by atoms with Crippen LogP contribution in [0.25, 0.3) is 0 Å². The van der Waals surface area contributed by atoms with Crippen LogP contribution in [0.15, 0.2) is 46.2 Å². The Morgan fingerprint density at radius 2 is 1.94 bits per heavy atom. The third-order valence-electron chi connectivity index (χ3n) is 2.54. The monoisotopic (exact) mass is 258 g/mol. The zero-order valence-electron chi connectivity index (χ0n) is 8.70. The fraction of sp³-hybridized carbons (Fsp3) is 0. The zero-order valence-corrected chi connectivity index (χ0v) is 10.3. The van der Waals surface area contributed by atoms with Crippen molar-refractivity contribution in [1.82, 2.24) is 0 Å². The lowest BCUT2D eigenvalue weighted by Gasteiger charge is -2.20. The molecule has 0 aromatic heterocycles. The van der Waals surface area contributed by atoms with E-state index in [4.69, 9.17) is 16.9 Å². The molecule has 3 rings (SSSR count). The summed E-state index contributed by atoms with van der Waals surface area (Å²) in [7, 11) is 0. The average molecular weight is 259 g/mol. The van der Waals surface area contributed by atoms with Crippen LogP contribution in [0.2, 0.25) is 5.02 Å². The maximum atomic E-state index is 8.87. The SMILES string of the molecule is N#Cc1ccc2c(c1)Nc1ccc(Cl)cc1S2. The van der Waals surface area contributed by atoms with Gasteiger partial charge < -0.3 is 5.32 Å². The smallest absolute Gasteiger partial charge is 0.0992 e. The molecule has 0 fully saturated rings. The number of nitrogens with one attached hydrogen (secondary N) is 1. The molecule has 0 atom stereocenters. The molecule has 0 radical (unpaired) electrons. The van der Waals surface area contributed by atoms with Crippen molar-refractivity contribution in [3.63, 3.8) is 0 Å². The minimum atomic E-state index is 0.661. The summed E-state index contributed by atoms with van der Waals surface area (Å²) in [5.41, 5.74) is 2.67. The molecule has 1 heterocycles. The molecular formula is C13H7ClN2S. The summed E-state index contributed by atoms with van der Waals surface area (Å²) < 4.78 is 0. The minimum Gasteiger partial charge on any atom is -0.354 e. The van der Waals surface area contributed by atoms with Gasteiger partial charge in [-0.25, -0.2) is 0 Å². The molecule has 0 saturated carbocycles. The molecular weight excluding hydrogens is 252 g/mol. The zero-order chi connectivity index (χ0) is 11.8. The summed E-state index contributed by atoms with van der Waals surface area (Å²) in [4.78, 5) is 2.22. The number of halogens is 1. The normalized spacial score (nSPS) is 12.0. The summed E-state index contributed by atoms with van der Waals surface area (Å²) in [6, 6.07) is 13.5. The van der Waals surface area contributed by atoms with Crippen molar-refractivity contribution < 1.29 is 0 Å². The standard InChI is InChI=1S/C13H7ClN2S/c14-9-2-3-10-13(6-9)17-12-4-1-8(7-15)5-11(12)16-10/h1-6,16H. The first kappa shape index (κ1) is 10.5. The Morgan fingerprint density at radius 1 is 1.06 bits per heavy atom. The van der Waals surface area contributed by atoms with Gasteiger partial charge >= 0.3 is 0 Å². The van der Waals surface area contributed by atoms with Crippen LogP contribution >= 0.6 is 23.4 Å². The van der Waals surface area contributed by atoms with Crippen molar-refractivity contribution in [3.8, 4) is 6.07 Å². The van der Waals surface area contributed by atoms with Gasteiger partial charge in [-0.1, -0.05) is 23.4 Å². The van der Waals surface area contributed by atoms with Crippen molar-refractivity contribution in [1.29, 1.82) is 5.26 Å². The molecule has 0 saturated heterocycles. The van der Waals surface area contributed by atoms with Gasteiger partial charge in [0.05, 0.1) is 23.0 Å². The first-order chi connectivity index (χ1) is 8.26. The van der Waals surface area contributed by atoms with Crippen LogP contribution in [0, 0.1) is 11.3 Å². The second-order valence-corrected chi connectivity index (χ2v) is 5.21. The Morgan fingerprint density at radius 3 is 2.76 bits per heavy atom. The van der Waals surface area contributed by atoms with Crippen molar-refractivity contribution in [2.24, 2.45) is 0 Å². The molecule has 0 amide bonds. The van der Waals surface area contributed by atoms with Crippen LogP contribution in [-0.2, 0) is 0 Å². The Bertz CT molecular complexity index is 646. The van der Waals surface area contributed by atoms with Crippen LogP contribution in [0.1, 0.15) is 5.56 Å². The highest BCUT2D eigenvalue weighted by Crippen LogP contribution is 2.45. The lowest BCUT2D eigenvalue weighted by Crippen LogP contribution is -1.99. The fourth-order valence-electron chi connectivity index (χ4n) is 1.73. The van der Waals surface area contributed by atoms with Gasteiger partial charge in [0.2, 0.25) is 0 Å². The van der Waals surface area contributed by atoms with Gasteiger partial charge in [0.1, 0.15) is 0 Å². The minimum absolute atomic E-state index is 0.661. The molecule has 17 heavy (non-hydrogen) atoms. The first-order valence-electron chi connectivity index (χ1n) is 5.05. The van der Waals surface area contributed by atoms with E-state index in [1.54, 1.807) is 11.8 Å². The van der Waals surface area contributed by atoms with Crippen molar-refractivity contribution >= 4 is 34.7 Å². The molecule has 0 aliphatic carbocycles. The number of fused-ring (bicyclic) bond motifs is 2. The molecule has 0 spiro atoms. The van der Waals surface area contributed by atoms with Crippen molar-refractivity contribution in [3.05, 3.63) is 47.0 Å². The van der Waals surface area contributed by atoms with E-state index in [2.05, 4.69) is 11.4 Å². The van der Waals surface area contributed by atoms with Crippen molar-refractivity contribution in [2.45, 2.75) is 9.79 Å². The number of nitriles is 1. The Hall–Kier alpha value is -1.63. The van der Waals surface area contributed by atoms with Gasteiger partial charge in [-0.2, -0.15) is 5.26 Å². The van der Waals surface area contributed by atoms with E-state index in [0.717, 1.165) is 26.2 Å². The van der Waals surface area contributed by atoms with Crippen LogP contribution in [0.4, 0.5) is 11.4 Å². The number of nitrogens with zero attached hydrogens (tertiary/aromatic N) is 1. The third kappa shape index (κ3) is 1.86. The number of hydrogen-bond acceptors (Lipinski definition) is 3. The number of rotatable bonds is 0. The summed E-state index contributed by atoms with van der Waals surface area (Å²) in [6.07, 6.45) is 0. The Kier molecular flexibility index (Phi) is 2.47. The molecule has 1 aliphatic heterocycles. The van der Waals surface area contributed by atoms with Gasteiger partial charge in [0, 0.05) is 14.8 Å². The molecule has 2 aromatic rings. The van der Waals surface area contributed by atoms with E-state index < -0.39 is 0 Å². The maximum absolute atomic E-state index is 8.87. The lowest BCUT2D eigenvalue weighted by atomic mass is 10.2. The molecule has 1 N–H and O–H groups in total. The van der Waals surface area contributed by atoms with Gasteiger partial charge in [-0.3, -0.25) is 0 Å². The molecule has 0 unspecified atom stereocenters. The molecule has 1 aliphatic rings. The van der Waals surface area contributed by atoms with E-state index >= 15 is 0 Å². The second kappa shape index (κ2) is 3.99. The molecule has 4 heteroatoms. The molecule has 2 aromatic carbocycles. The molecule has 2 nitrogen and oxygen atoms in total. The maximum Gasteiger partial charge on any atom is 0.0992 e. The number of hydrogen-bond donors (Lipinski definition) is 1. The summed E-state index contributed by atoms with van der Waals surface area (Å²) in [6.45, 7) is 0. The van der Waals surface area contributed by atoms with Gasteiger partial charge in [0.15, 0.2) is 0 Å². The van der Waals surface area contributed by atoms with Crippen LogP contribution < -0.4 is 5.32 Å². The molecule has 0 bridgehead atoms. The summed E-state index contributed by atoms with van der Waals surface area (Å²) in [5.74, 6) is 0.